The molecule has 0 bridgehead atoms. The molecule has 0 spiro atoms. The number of rotatable bonds is 12. The van der Waals surface area contributed by atoms with Crippen LogP contribution in [0.15, 0.2) is 47.5 Å². The number of carbonyl (C=O) groups is 1. The minimum absolute atomic E-state index is 0.0305. The fraction of sp³-hybridized carbons (Fsp3) is 0.440. The van der Waals surface area contributed by atoms with Gasteiger partial charge in [-0.3, -0.25) is 9.79 Å². The fourth-order valence-corrected chi connectivity index (χ4v) is 3.02. The van der Waals surface area contributed by atoms with Crippen LogP contribution >= 0.6 is 0 Å². The van der Waals surface area contributed by atoms with Crippen LogP contribution in [0, 0.1) is 6.92 Å². The Bertz CT molecular complexity index is 866. The van der Waals surface area contributed by atoms with Crippen molar-refractivity contribution in [3.05, 3.63) is 64.7 Å². The number of aliphatic imine (C=N–C) groups is 1. The summed E-state index contributed by atoms with van der Waals surface area (Å²) in [7, 11) is 3.40. The number of aryl methyl sites for hydroxylation is 1. The Hall–Kier alpha value is -3.06. The van der Waals surface area contributed by atoms with Crippen LogP contribution in [0.1, 0.15) is 46.8 Å². The molecule has 0 aromatic heterocycles. The van der Waals surface area contributed by atoms with Gasteiger partial charge in [-0.15, -0.1) is 0 Å². The first kappa shape index (κ1) is 25.2. The molecule has 2 rings (SSSR count). The molecule has 0 aliphatic rings. The van der Waals surface area contributed by atoms with Crippen LogP contribution in [0.5, 0.6) is 5.75 Å². The minimum Gasteiger partial charge on any atom is -0.491 e. The maximum Gasteiger partial charge on any atom is 0.251 e. The monoisotopic (exact) mass is 440 g/mol. The van der Waals surface area contributed by atoms with Crippen LogP contribution < -0.4 is 20.7 Å². The standard InChI is InChI=1S/C25H36N4O3/c1-5-6-13-27-24(30)21-11-8-20(9-12-21)17-28-25(26-3)29-18-22-10-7-19(2)16-23(22)32-15-14-31-4/h7-12,16H,5-6,13-15,17-18H2,1-4H3,(H,27,30)(H2,26,28,29). The summed E-state index contributed by atoms with van der Waals surface area (Å²) in [5.74, 6) is 1.50. The Labute approximate surface area is 191 Å². The maximum atomic E-state index is 12.1. The zero-order valence-corrected chi connectivity index (χ0v) is 19.7. The second-order valence-electron chi connectivity index (χ2n) is 7.54. The molecular formula is C25H36N4O3. The summed E-state index contributed by atoms with van der Waals surface area (Å²) in [5.41, 5.74) is 3.93. The smallest absolute Gasteiger partial charge is 0.251 e. The average molecular weight is 441 g/mol. The number of nitrogens with one attached hydrogen (secondary N) is 3. The van der Waals surface area contributed by atoms with Gasteiger partial charge in [-0.25, -0.2) is 0 Å². The van der Waals surface area contributed by atoms with Crippen molar-refractivity contribution in [1.82, 2.24) is 16.0 Å². The molecule has 1 amide bonds. The molecule has 0 fully saturated rings. The molecular weight excluding hydrogens is 404 g/mol. The van der Waals surface area contributed by atoms with Gasteiger partial charge in [-0.05, 0) is 42.7 Å². The highest BCUT2D eigenvalue weighted by Gasteiger charge is 2.07. The van der Waals surface area contributed by atoms with Gasteiger partial charge < -0.3 is 25.4 Å². The molecule has 0 atom stereocenters. The fourth-order valence-electron chi connectivity index (χ4n) is 3.02. The van der Waals surface area contributed by atoms with Crippen LogP contribution in [0.3, 0.4) is 0 Å². The van der Waals surface area contributed by atoms with Crippen molar-refractivity contribution >= 4 is 11.9 Å². The summed E-state index contributed by atoms with van der Waals surface area (Å²) in [6, 6.07) is 13.8. The number of methoxy groups -OCH3 is 1. The number of benzene rings is 2. The Morgan fingerprint density at radius 2 is 1.75 bits per heavy atom. The normalized spacial score (nSPS) is 11.2. The van der Waals surface area contributed by atoms with E-state index in [9.17, 15) is 4.79 Å². The summed E-state index contributed by atoms with van der Waals surface area (Å²) in [6.45, 7) is 7.09. The lowest BCUT2D eigenvalue weighted by Gasteiger charge is -2.15. The van der Waals surface area contributed by atoms with Gasteiger partial charge in [0.15, 0.2) is 5.96 Å². The van der Waals surface area contributed by atoms with Crippen LogP contribution in [0.2, 0.25) is 0 Å². The van der Waals surface area contributed by atoms with Crippen LogP contribution in [-0.4, -0.2) is 45.8 Å². The molecule has 0 aliphatic heterocycles. The van der Waals surface area contributed by atoms with Gasteiger partial charge >= 0.3 is 0 Å². The molecule has 174 valence electrons. The van der Waals surface area contributed by atoms with Crippen molar-refractivity contribution in [2.24, 2.45) is 4.99 Å². The van der Waals surface area contributed by atoms with Crippen molar-refractivity contribution in [3.63, 3.8) is 0 Å². The molecule has 0 aliphatic carbocycles. The lowest BCUT2D eigenvalue weighted by molar-refractivity contribution is 0.0953. The number of nitrogens with zero attached hydrogens (tertiary/aromatic N) is 1. The molecule has 0 radical (unpaired) electrons. The third-order valence-corrected chi connectivity index (χ3v) is 4.93. The Morgan fingerprint density at radius 3 is 2.44 bits per heavy atom. The van der Waals surface area contributed by atoms with E-state index in [1.165, 1.54) is 0 Å². The predicted octanol–water partition coefficient (Wildman–Crippen LogP) is 3.42. The van der Waals surface area contributed by atoms with Crippen molar-refractivity contribution in [2.45, 2.75) is 39.8 Å². The summed E-state index contributed by atoms with van der Waals surface area (Å²) >= 11 is 0. The topological polar surface area (TPSA) is 84.0 Å². The Kier molecular flexibility index (Phi) is 11.1. The highest BCUT2D eigenvalue weighted by Crippen LogP contribution is 2.20. The van der Waals surface area contributed by atoms with E-state index in [-0.39, 0.29) is 5.91 Å². The van der Waals surface area contributed by atoms with E-state index in [0.29, 0.717) is 44.4 Å². The minimum atomic E-state index is -0.0305. The predicted molar refractivity (Wildman–Crippen MR) is 129 cm³/mol. The van der Waals surface area contributed by atoms with E-state index in [4.69, 9.17) is 9.47 Å². The van der Waals surface area contributed by atoms with Gasteiger partial charge in [0.25, 0.3) is 5.91 Å². The summed E-state index contributed by atoms with van der Waals surface area (Å²) in [5, 5.41) is 9.57. The summed E-state index contributed by atoms with van der Waals surface area (Å²) in [6.07, 6.45) is 2.05. The SMILES string of the molecule is CCCCNC(=O)c1ccc(CNC(=NC)NCc2ccc(C)cc2OCCOC)cc1. The van der Waals surface area contributed by atoms with Gasteiger partial charge in [-0.1, -0.05) is 37.6 Å². The van der Waals surface area contributed by atoms with Crippen LogP contribution in [0.25, 0.3) is 0 Å². The number of guanidine groups is 1. The lowest BCUT2D eigenvalue weighted by atomic mass is 10.1. The summed E-state index contributed by atoms with van der Waals surface area (Å²) < 4.78 is 10.9. The average Bonchev–Trinajstić information content (AvgIpc) is 2.81. The molecule has 7 nitrogen and oxygen atoms in total. The van der Waals surface area contributed by atoms with E-state index >= 15 is 0 Å². The Balaban J connectivity index is 1.86. The molecule has 3 N–H and O–H groups in total. The maximum absolute atomic E-state index is 12.1. The first-order valence-electron chi connectivity index (χ1n) is 11.1. The molecule has 32 heavy (non-hydrogen) atoms. The number of carbonyl (C=O) groups excluding carboxylic acids is 1. The second-order valence-corrected chi connectivity index (χ2v) is 7.54. The number of unbranched alkanes of at least 4 members (excludes halogenated alkanes) is 1. The quantitative estimate of drug-likeness (QED) is 0.268. The van der Waals surface area contributed by atoms with Gasteiger partial charge in [0.2, 0.25) is 0 Å². The zero-order chi connectivity index (χ0) is 23.2. The van der Waals surface area contributed by atoms with Gasteiger partial charge in [-0.2, -0.15) is 0 Å². The van der Waals surface area contributed by atoms with E-state index in [1.807, 2.05) is 37.3 Å². The van der Waals surface area contributed by atoms with Crippen molar-refractivity contribution in [1.29, 1.82) is 0 Å². The molecule has 2 aromatic carbocycles. The first-order valence-corrected chi connectivity index (χ1v) is 11.1. The van der Waals surface area contributed by atoms with Gasteiger partial charge in [0.1, 0.15) is 12.4 Å². The van der Waals surface area contributed by atoms with Crippen molar-refractivity contribution < 1.29 is 14.3 Å². The van der Waals surface area contributed by atoms with E-state index in [0.717, 1.165) is 35.3 Å². The number of hydrogen-bond acceptors (Lipinski definition) is 4. The largest absolute Gasteiger partial charge is 0.491 e. The lowest BCUT2D eigenvalue weighted by Crippen LogP contribution is -2.36. The first-order chi connectivity index (χ1) is 15.6. The number of hydrogen-bond donors (Lipinski definition) is 3. The molecule has 0 saturated carbocycles. The van der Waals surface area contributed by atoms with Crippen molar-refractivity contribution in [2.75, 3.05) is 33.9 Å². The van der Waals surface area contributed by atoms with Crippen molar-refractivity contribution in [3.8, 4) is 5.75 Å². The molecule has 7 heteroatoms. The highest BCUT2D eigenvalue weighted by atomic mass is 16.5. The van der Waals surface area contributed by atoms with Crippen LogP contribution in [0.4, 0.5) is 0 Å². The second kappa shape index (κ2) is 14.1. The van der Waals surface area contributed by atoms with Crippen LogP contribution in [-0.2, 0) is 17.8 Å². The highest BCUT2D eigenvalue weighted by molar-refractivity contribution is 5.94. The number of ether oxygens (including phenoxy) is 2. The van der Waals surface area contributed by atoms with Gasteiger partial charge in [0, 0.05) is 44.9 Å². The third kappa shape index (κ3) is 8.59. The molecule has 0 saturated heterocycles. The molecule has 2 aromatic rings. The van der Waals surface area contributed by atoms with E-state index < -0.39 is 0 Å². The molecule has 0 unspecified atom stereocenters. The van der Waals surface area contributed by atoms with E-state index in [2.05, 4.69) is 40.0 Å². The number of amides is 1. The zero-order valence-electron chi connectivity index (χ0n) is 19.7. The third-order valence-electron chi connectivity index (χ3n) is 4.93. The van der Waals surface area contributed by atoms with Gasteiger partial charge in [0.05, 0.1) is 6.61 Å². The molecule has 0 heterocycles. The van der Waals surface area contributed by atoms with E-state index in [1.54, 1.807) is 14.2 Å². The Morgan fingerprint density at radius 1 is 1.00 bits per heavy atom. The summed E-state index contributed by atoms with van der Waals surface area (Å²) in [4.78, 5) is 16.4.